The minimum absolute atomic E-state index is 0.0629. The smallest absolute Gasteiger partial charge is 0.269 e. The molecule has 6 heteroatoms. The maximum Gasteiger partial charge on any atom is 0.269 e. The van der Waals surface area contributed by atoms with Gasteiger partial charge in [0.05, 0.1) is 11.5 Å². The lowest BCUT2D eigenvalue weighted by molar-refractivity contribution is -0.384. The first-order valence-corrected chi connectivity index (χ1v) is 9.55. The molecule has 1 aliphatic heterocycles. The van der Waals surface area contributed by atoms with Crippen LogP contribution < -0.4 is 10.6 Å². The van der Waals surface area contributed by atoms with Gasteiger partial charge in [-0.1, -0.05) is 48.0 Å². The number of hydrogen-bond acceptors (Lipinski definition) is 5. The number of hydrogen-bond donors (Lipinski definition) is 1. The largest absolute Gasteiger partial charge is 0.349 e. The van der Waals surface area contributed by atoms with Crippen molar-refractivity contribution in [1.82, 2.24) is 0 Å². The molecule has 2 atom stereocenters. The molecule has 0 radical (unpaired) electrons. The van der Waals surface area contributed by atoms with Crippen molar-refractivity contribution in [2.45, 2.75) is 25.8 Å². The van der Waals surface area contributed by atoms with Crippen LogP contribution in [0.15, 0.2) is 72.8 Å². The van der Waals surface area contributed by atoms with E-state index >= 15 is 0 Å². The third-order valence-corrected chi connectivity index (χ3v) is 5.23. The van der Waals surface area contributed by atoms with Crippen molar-refractivity contribution in [3.8, 4) is 0 Å². The number of para-hydroxylation sites is 1. The van der Waals surface area contributed by atoms with Gasteiger partial charge in [0.15, 0.2) is 6.23 Å². The van der Waals surface area contributed by atoms with Gasteiger partial charge in [-0.2, -0.15) is 0 Å². The maximum atomic E-state index is 11.0. The van der Waals surface area contributed by atoms with Crippen molar-refractivity contribution in [2.75, 3.05) is 11.4 Å². The number of rotatable bonds is 5. The van der Waals surface area contributed by atoms with Crippen LogP contribution in [-0.4, -0.2) is 11.5 Å². The van der Waals surface area contributed by atoms with Crippen molar-refractivity contribution in [3.63, 3.8) is 0 Å². The van der Waals surface area contributed by atoms with Crippen LogP contribution in [0.4, 0.5) is 11.4 Å². The molecule has 1 heterocycles. The van der Waals surface area contributed by atoms with Crippen molar-refractivity contribution >= 4 is 11.4 Å². The standard InChI is InChI=1S/C23H23N3O3/c1-16-5-4-7-18(13-16)21(24)14-25-22-8-3-2-6-19(22)15-29-23(25)17-9-11-20(12-10-17)26(27)28/h2-13,21,23H,14-15,24H2,1H3. The highest BCUT2D eigenvalue weighted by Crippen LogP contribution is 2.38. The zero-order valence-corrected chi connectivity index (χ0v) is 16.2. The van der Waals surface area contributed by atoms with E-state index in [2.05, 4.69) is 30.0 Å². The van der Waals surface area contributed by atoms with Gasteiger partial charge < -0.3 is 15.4 Å². The topological polar surface area (TPSA) is 81.6 Å². The van der Waals surface area contributed by atoms with Gasteiger partial charge in [0.1, 0.15) is 0 Å². The molecule has 3 aromatic carbocycles. The molecular formula is C23H23N3O3. The number of ether oxygens (including phenoxy) is 1. The summed E-state index contributed by atoms with van der Waals surface area (Å²) >= 11 is 0. The summed E-state index contributed by atoms with van der Waals surface area (Å²) in [5, 5.41) is 11.0. The molecule has 2 N–H and O–H groups in total. The molecule has 0 saturated heterocycles. The molecule has 4 rings (SSSR count). The SMILES string of the molecule is Cc1cccc(C(N)CN2c3ccccc3COC2c2ccc([N+](=O)[O-])cc2)c1. The van der Waals surface area contributed by atoms with Crippen molar-refractivity contribution in [2.24, 2.45) is 5.73 Å². The van der Waals surface area contributed by atoms with Crippen LogP contribution >= 0.6 is 0 Å². The third-order valence-electron chi connectivity index (χ3n) is 5.23. The molecule has 0 spiro atoms. The second kappa shape index (κ2) is 8.03. The number of fused-ring (bicyclic) bond motifs is 1. The molecule has 0 bridgehead atoms. The fourth-order valence-corrected chi connectivity index (χ4v) is 3.75. The summed E-state index contributed by atoms with van der Waals surface area (Å²) in [6, 6.07) is 22.6. The lowest BCUT2D eigenvalue weighted by Crippen LogP contribution is -2.39. The molecule has 0 aliphatic carbocycles. The number of nitro benzene ring substituents is 1. The van der Waals surface area contributed by atoms with Crippen LogP contribution in [0.5, 0.6) is 0 Å². The van der Waals surface area contributed by atoms with Crippen LogP contribution in [0.2, 0.25) is 0 Å². The van der Waals surface area contributed by atoms with E-state index in [0.29, 0.717) is 13.2 Å². The first kappa shape index (κ1) is 19.1. The van der Waals surface area contributed by atoms with E-state index in [1.54, 1.807) is 12.1 Å². The number of anilines is 1. The van der Waals surface area contributed by atoms with E-state index in [1.165, 1.54) is 17.7 Å². The van der Waals surface area contributed by atoms with Crippen LogP contribution in [-0.2, 0) is 11.3 Å². The third kappa shape index (κ3) is 3.99. The molecule has 0 aromatic heterocycles. The quantitative estimate of drug-likeness (QED) is 0.508. The van der Waals surface area contributed by atoms with E-state index in [1.807, 2.05) is 30.3 Å². The number of non-ortho nitro benzene ring substituents is 1. The van der Waals surface area contributed by atoms with E-state index in [4.69, 9.17) is 10.5 Å². The number of nitrogens with zero attached hydrogens (tertiary/aromatic N) is 2. The number of aryl methyl sites for hydroxylation is 1. The number of benzene rings is 3. The molecule has 3 aromatic rings. The summed E-state index contributed by atoms with van der Waals surface area (Å²) < 4.78 is 6.16. The highest BCUT2D eigenvalue weighted by atomic mass is 16.6. The Kier molecular flexibility index (Phi) is 5.29. The average Bonchev–Trinajstić information content (AvgIpc) is 2.74. The van der Waals surface area contributed by atoms with E-state index < -0.39 is 4.92 Å². The van der Waals surface area contributed by atoms with E-state index in [-0.39, 0.29) is 18.0 Å². The molecule has 2 unspecified atom stereocenters. The highest BCUT2D eigenvalue weighted by molar-refractivity contribution is 5.57. The summed E-state index contributed by atoms with van der Waals surface area (Å²) in [4.78, 5) is 12.7. The predicted octanol–water partition coefficient (Wildman–Crippen LogP) is 4.64. The number of nitro groups is 1. The fraction of sp³-hybridized carbons (Fsp3) is 0.217. The van der Waals surface area contributed by atoms with Crippen LogP contribution in [0, 0.1) is 17.0 Å². The molecule has 6 nitrogen and oxygen atoms in total. The monoisotopic (exact) mass is 389 g/mol. The summed E-state index contributed by atoms with van der Waals surface area (Å²) in [5.74, 6) is 0. The summed E-state index contributed by atoms with van der Waals surface area (Å²) in [6.45, 7) is 3.09. The second-order valence-corrected chi connectivity index (χ2v) is 7.31. The van der Waals surface area contributed by atoms with Crippen molar-refractivity contribution in [1.29, 1.82) is 0 Å². The lowest BCUT2D eigenvalue weighted by atomic mass is 10.0. The van der Waals surface area contributed by atoms with Crippen molar-refractivity contribution in [3.05, 3.63) is 105 Å². The number of nitrogens with two attached hydrogens (primary N) is 1. The summed E-state index contributed by atoms with van der Waals surface area (Å²) in [7, 11) is 0. The Morgan fingerprint density at radius 3 is 2.62 bits per heavy atom. The fourth-order valence-electron chi connectivity index (χ4n) is 3.75. The maximum absolute atomic E-state index is 11.0. The van der Waals surface area contributed by atoms with Gasteiger partial charge >= 0.3 is 0 Å². The van der Waals surface area contributed by atoms with Gasteiger partial charge in [0, 0.05) is 41.5 Å². The Bertz CT molecular complexity index is 1020. The molecule has 0 fully saturated rings. The highest BCUT2D eigenvalue weighted by Gasteiger charge is 2.30. The van der Waals surface area contributed by atoms with Gasteiger partial charge in [0.25, 0.3) is 5.69 Å². The Morgan fingerprint density at radius 1 is 1.14 bits per heavy atom. The molecular weight excluding hydrogens is 366 g/mol. The van der Waals surface area contributed by atoms with Crippen molar-refractivity contribution < 1.29 is 9.66 Å². The zero-order valence-electron chi connectivity index (χ0n) is 16.2. The van der Waals surface area contributed by atoms with Crippen LogP contribution in [0.25, 0.3) is 0 Å². The first-order chi connectivity index (χ1) is 14.0. The average molecular weight is 389 g/mol. The van der Waals surface area contributed by atoms with Gasteiger partial charge in [0.2, 0.25) is 0 Å². The van der Waals surface area contributed by atoms with Gasteiger partial charge in [-0.15, -0.1) is 0 Å². The second-order valence-electron chi connectivity index (χ2n) is 7.31. The Morgan fingerprint density at radius 2 is 1.90 bits per heavy atom. The van der Waals surface area contributed by atoms with Crippen LogP contribution in [0.3, 0.4) is 0 Å². The minimum atomic E-state index is -0.397. The molecule has 1 aliphatic rings. The minimum Gasteiger partial charge on any atom is -0.349 e. The molecule has 29 heavy (non-hydrogen) atoms. The molecule has 0 saturated carbocycles. The Labute approximate surface area is 169 Å². The Balaban J connectivity index is 1.68. The lowest BCUT2D eigenvalue weighted by Gasteiger charge is -2.40. The van der Waals surface area contributed by atoms with Crippen LogP contribution in [0.1, 0.15) is 34.5 Å². The summed E-state index contributed by atoms with van der Waals surface area (Å²) in [6.07, 6.45) is -0.360. The normalized spacial score (nSPS) is 16.9. The van der Waals surface area contributed by atoms with E-state index in [9.17, 15) is 10.1 Å². The van der Waals surface area contributed by atoms with E-state index in [0.717, 1.165) is 22.4 Å². The Hall–Kier alpha value is -3.22. The predicted molar refractivity (Wildman–Crippen MR) is 113 cm³/mol. The molecule has 148 valence electrons. The molecule has 0 amide bonds. The summed E-state index contributed by atoms with van der Waals surface area (Å²) in [5.41, 5.74) is 11.9. The van der Waals surface area contributed by atoms with Gasteiger partial charge in [-0.25, -0.2) is 0 Å². The van der Waals surface area contributed by atoms with Gasteiger partial charge in [-0.05, 0) is 30.7 Å². The zero-order chi connectivity index (χ0) is 20.4. The van der Waals surface area contributed by atoms with Gasteiger partial charge in [-0.3, -0.25) is 10.1 Å². The first-order valence-electron chi connectivity index (χ1n) is 9.55.